The minimum atomic E-state index is 0. The summed E-state index contributed by atoms with van der Waals surface area (Å²) >= 11 is 0. The van der Waals surface area contributed by atoms with E-state index in [1.165, 1.54) is 5.56 Å². The first-order chi connectivity index (χ1) is 14.0. The van der Waals surface area contributed by atoms with E-state index in [0.717, 1.165) is 69.6 Å². The van der Waals surface area contributed by atoms with Gasteiger partial charge in [0.25, 0.3) is 0 Å². The molecule has 1 fully saturated rings. The lowest BCUT2D eigenvalue weighted by Gasteiger charge is -2.34. The second kappa shape index (κ2) is 14.7. The molecular weight excluding hydrogens is 495 g/mol. The Labute approximate surface area is 199 Å². The topological polar surface area (TPSA) is 67.4 Å². The van der Waals surface area contributed by atoms with E-state index in [1.807, 2.05) is 12.1 Å². The van der Waals surface area contributed by atoms with Crippen molar-refractivity contribution in [2.45, 2.75) is 32.8 Å². The van der Waals surface area contributed by atoms with Crippen LogP contribution in [0.3, 0.4) is 0 Å². The molecule has 1 heterocycles. The molecule has 1 aromatic rings. The van der Waals surface area contributed by atoms with Crippen LogP contribution < -0.4 is 20.1 Å². The monoisotopic (exact) mass is 534 g/mol. The highest BCUT2D eigenvalue weighted by Crippen LogP contribution is 2.27. The summed E-state index contributed by atoms with van der Waals surface area (Å²) in [6.45, 7) is 10.1. The van der Waals surface area contributed by atoms with E-state index in [4.69, 9.17) is 14.2 Å². The van der Waals surface area contributed by atoms with Crippen molar-refractivity contribution in [2.75, 3.05) is 60.6 Å². The molecular formula is C22H39IN4O3. The van der Waals surface area contributed by atoms with Crippen LogP contribution in [0.15, 0.2) is 23.2 Å². The van der Waals surface area contributed by atoms with Crippen LogP contribution in [0.4, 0.5) is 0 Å². The summed E-state index contributed by atoms with van der Waals surface area (Å²) in [5.41, 5.74) is 1.23. The number of guanidine groups is 1. The molecule has 7 nitrogen and oxygen atoms in total. The van der Waals surface area contributed by atoms with E-state index < -0.39 is 0 Å². The molecule has 2 N–H and O–H groups in total. The maximum atomic E-state index is 5.90. The number of ether oxygens (including phenoxy) is 3. The van der Waals surface area contributed by atoms with Crippen LogP contribution in [0.2, 0.25) is 0 Å². The summed E-state index contributed by atoms with van der Waals surface area (Å²) in [6, 6.07) is 6.07. The normalized spacial score (nSPS) is 17.4. The Morgan fingerprint density at radius 2 is 2.00 bits per heavy atom. The van der Waals surface area contributed by atoms with Gasteiger partial charge in [0.15, 0.2) is 17.5 Å². The van der Waals surface area contributed by atoms with Gasteiger partial charge in [-0.1, -0.05) is 19.9 Å². The third kappa shape index (κ3) is 9.26. The number of nitrogens with one attached hydrogen (secondary N) is 2. The minimum Gasteiger partial charge on any atom is -0.493 e. The third-order valence-electron chi connectivity index (χ3n) is 4.95. The van der Waals surface area contributed by atoms with Gasteiger partial charge in [0.1, 0.15) is 0 Å². The molecule has 1 aliphatic rings. The SMILES string of the molecule is CN=C(NCCCc1ccc(OC)c(OC)c1)NCC1CN(CC(C)C)CCO1.I. The summed E-state index contributed by atoms with van der Waals surface area (Å²) in [7, 11) is 5.12. The van der Waals surface area contributed by atoms with Gasteiger partial charge in [-0.25, -0.2) is 0 Å². The summed E-state index contributed by atoms with van der Waals surface area (Å²) in [4.78, 5) is 6.81. The van der Waals surface area contributed by atoms with Crippen LogP contribution in [-0.4, -0.2) is 77.6 Å². The van der Waals surface area contributed by atoms with Crippen molar-refractivity contribution in [2.24, 2.45) is 10.9 Å². The van der Waals surface area contributed by atoms with Crippen molar-refractivity contribution in [1.29, 1.82) is 0 Å². The van der Waals surface area contributed by atoms with Crippen LogP contribution in [0.5, 0.6) is 11.5 Å². The zero-order chi connectivity index (χ0) is 21.1. The number of benzene rings is 1. The van der Waals surface area contributed by atoms with Gasteiger partial charge in [0.2, 0.25) is 0 Å². The lowest BCUT2D eigenvalue weighted by atomic mass is 10.1. The van der Waals surface area contributed by atoms with E-state index in [2.05, 4.69) is 40.4 Å². The fraction of sp³-hybridized carbons (Fsp3) is 0.682. The summed E-state index contributed by atoms with van der Waals surface area (Å²) < 4.78 is 16.6. The van der Waals surface area contributed by atoms with Gasteiger partial charge >= 0.3 is 0 Å². The Balaban J connectivity index is 0.00000450. The fourth-order valence-corrected chi connectivity index (χ4v) is 3.55. The number of nitrogens with zero attached hydrogens (tertiary/aromatic N) is 2. The third-order valence-corrected chi connectivity index (χ3v) is 4.95. The first-order valence-electron chi connectivity index (χ1n) is 10.5. The molecule has 1 unspecified atom stereocenters. The molecule has 0 spiro atoms. The summed E-state index contributed by atoms with van der Waals surface area (Å²) in [5.74, 6) is 3.04. The molecule has 0 saturated carbocycles. The Kier molecular flexibility index (Phi) is 13.1. The van der Waals surface area contributed by atoms with Crippen LogP contribution in [0.1, 0.15) is 25.8 Å². The van der Waals surface area contributed by atoms with Crippen molar-refractivity contribution in [3.05, 3.63) is 23.8 Å². The predicted molar refractivity (Wildman–Crippen MR) is 134 cm³/mol. The number of rotatable bonds is 10. The van der Waals surface area contributed by atoms with Gasteiger partial charge in [0, 0.05) is 39.8 Å². The fourth-order valence-electron chi connectivity index (χ4n) is 3.55. The molecule has 1 atom stereocenters. The van der Waals surface area contributed by atoms with Crippen molar-refractivity contribution in [1.82, 2.24) is 15.5 Å². The van der Waals surface area contributed by atoms with E-state index >= 15 is 0 Å². The lowest BCUT2D eigenvalue weighted by molar-refractivity contribution is -0.0284. The second-order valence-electron chi connectivity index (χ2n) is 7.82. The van der Waals surface area contributed by atoms with E-state index in [0.29, 0.717) is 5.92 Å². The molecule has 1 aliphatic heterocycles. The van der Waals surface area contributed by atoms with E-state index in [9.17, 15) is 0 Å². The highest BCUT2D eigenvalue weighted by atomic mass is 127. The average Bonchev–Trinajstić information content (AvgIpc) is 2.72. The van der Waals surface area contributed by atoms with E-state index in [-0.39, 0.29) is 30.1 Å². The van der Waals surface area contributed by atoms with Gasteiger partial charge in [-0.3, -0.25) is 9.89 Å². The molecule has 30 heavy (non-hydrogen) atoms. The second-order valence-corrected chi connectivity index (χ2v) is 7.82. The van der Waals surface area contributed by atoms with Crippen molar-refractivity contribution >= 4 is 29.9 Å². The summed E-state index contributed by atoms with van der Waals surface area (Å²) in [5, 5.41) is 6.78. The molecule has 0 amide bonds. The molecule has 0 aliphatic carbocycles. The van der Waals surface area contributed by atoms with Crippen molar-refractivity contribution in [3.8, 4) is 11.5 Å². The number of hydrogen-bond acceptors (Lipinski definition) is 5. The number of aliphatic imine (C=N–C) groups is 1. The van der Waals surface area contributed by atoms with E-state index in [1.54, 1.807) is 21.3 Å². The molecule has 0 bridgehead atoms. The van der Waals surface area contributed by atoms with Gasteiger partial charge < -0.3 is 24.8 Å². The maximum absolute atomic E-state index is 5.90. The Bertz CT molecular complexity index is 643. The summed E-state index contributed by atoms with van der Waals surface area (Å²) in [6.07, 6.45) is 2.16. The first-order valence-corrected chi connectivity index (χ1v) is 10.5. The van der Waals surface area contributed by atoms with Crippen LogP contribution in [0.25, 0.3) is 0 Å². The number of methoxy groups -OCH3 is 2. The van der Waals surface area contributed by atoms with Gasteiger partial charge in [0.05, 0.1) is 26.9 Å². The minimum absolute atomic E-state index is 0. The largest absolute Gasteiger partial charge is 0.493 e. The number of morpholine rings is 1. The zero-order valence-electron chi connectivity index (χ0n) is 19.1. The smallest absolute Gasteiger partial charge is 0.191 e. The Hall–Kier alpha value is -1.26. The van der Waals surface area contributed by atoms with Crippen molar-refractivity contribution < 1.29 is 14.2 Å². The molecule has 1 saturated heterocycles. The standard InChI is InChI=1S/C22H38N4O3.HI/c1-17(2)15-26-11-12-29-19(16-26)14-25-22(23-3)24-10-6-7-18-8-9-20(27-4)21(13-18)28-5;/h8-9,13,17,19H,6-7,10-12,14-16H2,1-5H3,(H2,23,24,25);1H. The highest BCUT2D eigenvalue weighted by Gasteiger charge is 2.21. The molecule has 0 radical (unpaired) electrons. The molecule has 0 aromatic heterocycles. The Morgan fingerprint density at radius 3 is 2.67 bits per heavy atom. The quantitative estimate of drug-likeness (QED) is 0.208. The maximum Gasteiger partial charge on any atom is 0.191 e. The molecule has 172 valence electrons. The number of halogens is 1. The molecule has 2 rings (SSSR count). The van der Waals surface area contributed by atoms with Gasteiger partial charge in [-0.15, -0.1) is 24.0 Å². The molecule has 8 heteroatoms. The van der Waals surface area contributed by atoms with Gasteiger partial charge in [-0.2, -0.15) is 0 Å². The molecule has 1 aromatic carbocycles. The average molecular weight is 534 g/mol. The highest BCUT2D eigenvalue weighted by molar-refractivity contribution is 14.0. The predicted octanol–water partition coefficient (Wildman–Crippen LogP) is 2.78. The zero-order valence-corrected chi connectivity index (χ0v) is 21.4. The Morgan fingerprint density at radius 1 is 1.23 bits per heavy atom. The van der Waals surface area contributed by atoms with Crippen LogP contribution in [-0.2, 0) is 11.2 Å². The lowest BCUT2D eigenvalue weighted by Crippen LogP contribution is -2.50. The number of aryl methyl sites for hydroxylation is 1. The van der Waals surface area contributed by atoms with Crippen LogP contribution >= 0.6 is 24.0 Å². The number of hydrogen-bond donors (Lipinski definition) is 2. The first kappa shape index (κ1) is 26.8. The van der Waals surface area contributed by atoms with Gasteiger partial charge in [-0.05, 0) is 36.5 Å². The van der Waals surface area contributed by atoms with Crippen LogP contribution in [0, 0.1) is 5.92 Å². The van der Waals surface area contributed by atoms with Crippen molar-refractivity contribution in [3.63, 3.8) is 0 Å².